The van der Waals surface area contributed by atoms with Crippen LogP contribution in [0.4, 0.5) is 4.79 Å². The molecule has 0 N–H and O–H groups in total. The predicted molar refractivity (Wildman–Crippen MR) is 87.6 cm³/mol. The van der Waals surface area contributed by atoms with Crippen LogP contribution in [0.3, 0.4) is 0 Å². The zero-order valence-electron chi connectivity index (χ0n) is 13.7. The minimum atomic E-state index is -0.480. The van der Waals surface area contributed by atoms with Crippen LogP contribution in [0.2, 0.25) is 0 Å². The molecule has 0 aromatic heterocycles. The van der Waals surface area contributed by atoms with Gasteiger partial charge in [-0.15, -0.1) is 0 Å². The van der Waals surface area contributed by atoms with Crippen molar-refractivity contribution in [2.24, 2.45) is 4.99 Å². The van der Waals surface area contributed by atoms with E-state index in [0.29, 0.717) is 5.78 Å². The molecule has 0 saturated heterocycles. The van der Waals surface area contributed by atoms with Crippen molar-refractivity contribution < 1.29 is 14.3 Å². The Labute approximate surface area is 132 Å². The lowest BCUT2D eigenvalue weighted by Gasteiger charge is -2.22. The van der Waals surface area contributed by atoms with E-state index >= 15 is 0 Å². The highest BCUT2D eigenvalue weighted by molar-refractivity contribution is 5.78. The van der Waals surface area contributed by atoms with Gasteiger partial charge in [0.1, 0.15) is 11.4 Å². The second-order valence-electron chi connectivity index (χ2n) is 6.28. The molecule has 0 unspecified atom stereocenters. The number of amides is 1. The Bertz CT molecular complexity index is 433. The van der Waals surface area contributed by atoms with Crippen LogP contribution in [0.25, 0.3) is 0 Å². The number of nitrogens with zero attached hydrogens (tertiary/aromatic N) is 2. The third-order valence-electron chi connectivity index (χ3n) is 3.00. The zero-order chi connectivity index (χ0) is 16.4. The highest BCUT2D eigenvalue weighted by Gasteiger charge is 2.19. The number of hydrogen-bond acceptors (Lipinski definition) is 4. The van der Waals surface area contributed by atoms with Crippen LogP contribution >= 0.6 is 0 Å². The van der Waals surface area contributed by atoms with Crippen molar-refractivity contribution in [3.63, 3.8) is 0 Å². The van der Waals surface area contributed by atoms with Gasteiger partial charge in [-0.25, -0.2) is 4.79 Å². The van der Waals surface area contributed by atoms with Gasteiger partial charge in [0, 0.05) is 37.7 Å². The molecular weight excluding hydrogens is 280 g/mol. The normalized spacial score (nSPS) is 18.1. The van der Waals surface area contributed by atoms with Crippen LogP contribution in [0.15, 0.2) is 29.7 Å². The van der Waals surface area contributed by atoms with E-state index in [4.69, 9.17) is 4.74 Å². The molecule has 122 valence electrons. The van der Waals surface area contributed by atoms with Gasteiger partial charge in [-0.2, -0.15) is 0 Å². The lowest BCUT2D eigenvalue weighted by Crippen LogP contribution is -2.30. The summed E-state index contributed by atoms with van der Waals surface area (Å²) in [4.78, 5) is 27.4. The highest BCUT2D eigenvalue weighted by Crippen LogP contribution is 2.13. The van der Waals surface area contributed by atoms with E-state index in [2.05, 4.69) is 4.99 Å². The Morgan fingerprint density at radius 2 is 1.77 bits per heavy atom. The van der Waals surface area contributed by atoms with Crippen molar-refractivity contribution in [2.45, 2.75) is 64.9 Å². The van der Waals surface area contributed by atoms with Crippen LogP contribution in [0, 0.1) is 0 Å². The molecule has 0 atom stereocenters. The largest absolute Gasteiger partial charge is 0.443 e. The zero-order valence-corrected chi connectivity index (χ0v) is 13.7. The highest BCUT2D eigenvalue weighted by atomic mass is 16.6. The van der Waals surface area contributed by atoms with Gasteiger partial charge in [0.15, 0.2) is 0 Å². The molecule has 5 nitrogen and oxygen atoms in total. The third-order valence-corrected chi connectivity index (χ3v) is 3.00. The average Bonchev–Trinajstić information content (AvgIpc) is 2.81. The summed E-state index contributed by atoms with van der Waals surface area (Å²) in [7, 11) is 0. The first kappa shape index (κ1) is 18.1. The van der Waals surface area contributed by atoms with Crippen LogP contribution in [0.5, 0.6) is 0 Å². The van der Waals surface area contributed by atoms with Gasteiger partial charge in [-0.1, -0.05) is 12.8 Å². The molecule has 5 heteroatoms. The fourth-order valence-corrected chi connectivity index (χ4v) is 1.95. The van der Waals surface area contributed by atoms with Crippen LogP contribution in [-0.2, 0) is 9.53 Å². The molecule has 0 spiro atoms. The molecule has 1 heterocycles. The fraction of sp³-hybridized carbons (Fsp3) is 0.588. The lowest BCUT2D eigenvalue weighted by molar-refractivity contribution is -0.118. The maximum Gasteiger partial charge on any atom is 0.418 e. The Morgan fingerprint density at radius 3 is 2.36 bits per heavy atom. The van der Waals surface area contributed by atoms with Crippen molar-refractivity contribution in [1.82, 2.24) is 4.90 Å². The van der Waals surface area contributed by atoms with Gasteiger partial charge >= 0.3 is 6.09 Å². The molecule has 22 heavy (non-hydrogen) atoms. The number of rotatable bonds is 0. The topological polar surface area (TPSA) is 59.0 Å². The SMILES string of the molecule is CC(C)(C)OC(=O)N1C=CC=NC=C1.O=C1CCCCCC1. The minimum Gasteiger partial charge on any atom is -0.443 e. The Morgan fingerprint density at radius 1 is 1.14 bits per heavy atom. The summed E-state index contributed by atoms with van der Waals surface area (Å²) in [6, 6.07) is 0. The second kappa shape index (κ2) is 9.18. The quantitative estimate of drug-likeness (QED) is 0.630. The van der Waals surface area contributed by atoms with Crippen molar-refractivity contribution in [2.75, 3.05) is 0 Å². The average molecular weight is 306 g/mol. The number of ketones is 1. The molecule has 0 radical (unpaired) electrons. The first-order chi connectivity index (χ1) is 10.4. The van der Waals surface area contributed by atoms with Gasteiger partial charge < -0.3 is 4.74 Å². The standard InChI is InChI=1S/C10H14N2O2.C7H12O/c1-10(2,3)14-9(13)12-7-4-5-11-6-8-12;8-7-5-3-1-2-4-6-7/h4-8H,1-3H3;1-6H2. The fourth-order valence-electron chi connectivity index (χ4n) is 1.95. The molecule has 1 amide bonds. The lowest BCUT2D eigenvalue weighted by atomic mass is 10.2. The van der Waals surface area contributed by atoms with Gasteiger partial charge in [-0.3, -0.25) is 14.7 Å². The molecule has 2 rings (SSSR count). The van der Waals surface area contributed by atoms with Crippen LogP contribution in [0.1, 0.15) is 59.3 Å². The summed E-state index contributed by atoms with van der Waals surface area (Å²) in [5.41, 5.74) is -0.480. The summed E-state index contributed by atoms with van der Waals surface area (Å²) < 4.78 is 5.16. The molecule has 1 fully saturated rings. The van der Waals surface area contributed by atoms with E-state index in [1.807, 2.05) is 20.8 Å². The maximum atomic E-state index is 11.5. The Balaban J connectivity index is 0.000000255. The van der Waals surface area contributed by atoms with Crippen molar-refractivity contribution in [1.29, 1.82) is 0 Å². The third kappa shape index (κ3) is 8.39. The molecule has 0 aromatic rings. The van der Waals surface area contributed by atoms with E-state index < -0.39 is 11.7 Å². The molecule has 1 aliphatic heterocycles. The summed E-state index contributed by atoms with van der Waals surface area (Å²) in [6.07, 6.45) is 14.1. The van der Waals surface area contributed by atoms with E-state index in [9.17, 15) is 9.59 Å². The number of ether oxygens (including phenoxy) is 1. The van der Waals surface area contributed by atoms with E-state index in [1.165, 1.54) is 23.9 Å². The molecule has 1 aliphatic carbocycles. The number of allylic oxidation sites excluding steroid dienone is 1. The monoisotopic (exact) mass is 306 g/mol. The van der Waals surface area contributed by atoms with E-state index in [-0.39, 0.29) is 0 Å². The van der Waals surface area contributed by atoms with Crippen molar-refractivity contribution in [3.8, 4) is 0 Å². The molecular formula is C17H26N2O3. The van der Waals surface area contributed by atoms with Crippen LogP contribution in [-0.4, -0.2) is 28.6 Å². The van der Waals surface area contributed by atoms with Gasteiger partial charge in [0.25, 0.3) is 0 Å². The van der Waals surface area contributed by atoms with Crippen molar-refractivity contribution >= 4 is 18.1 Å². The van der Waals surface area contributed by atoms with E-state index in [0.717, 1.165) is 25.7 Å². The number of carbonyl (C=O) groups excluding carboxylic acids is 2. The second-order valence-corrected chi connectivity index (χ2v) is 6.28. The van der Waals surface area contributed by atoms with Gasteiger partial charge in [-0.05, 0) is 39.7 Å². The number of aliphatic imine (C=N–C) groups is 1. The van der Waals surface area contributed by atoms with Crippen molar-refractivity contribution in [3.05, 3.63) is 24.7 Å². The Hall–Kier alpha value is -1.91. The number of carbonyl (C=O) groups is 2. The minimum absolute atomic E-state index is 0.407. The molecule has 2 aliphatic rings. The van der Waals surface area contributed by atoms with E-state index in [1.54, 1.807) is 24.7 Å². The first-order valence-electron chi connectivity index (χ1n) is 7.78. The first-order valence-corrected chi connectivity index (χ1v) is 7.78. The summed E-state index contributed by atoms with van der Waals surface area (Å²) in [5, 5.41) is 0. The Kier molecular flexibility index (Phi) is 7.57. The van der Waals surface area contributed by atoms with Gasteiger partial charge in [0.05, 0.1) is 0 Å². The maximum absolute atomic E-state index is 11.5. The molecule has 0 bridgehead atoms. The van der Waals surface area contributed by atoms with Gasteiger partial charge in [0.2, 0.25) is 0 Å². The number of hydrogen-bond donors (Lipinski definition) is 0. The van der Waals surface area contributed by atoms with Crippen LogP contribution < -0.4 is 0 Å². The molecule has 0 aromatic carbocycles. The predicted octanol–water partition coefficient (Wildman–Crippen LogP) is 4.20. The number of Topliss-reactive ketones (excluding diaryl/α,β-unsaturated/α-hetero) is 1. The summed E-state index contributed by atoms with van der Waals surface area (Å²) >= 11 is 0. The smallest absolute Gasteiger partial charge is 0.418 e. The summed E-state index contributed by atoms with van der Waals surface area (Å²) in [6.45, 7) is 5.48. The molecule has 1 saturated carbocycles. The summed E-state index contributed by atoms with van der Waals surface area (Å²) in [5.74, 6) is 0.475.